The summed E-state index contributed by atoms with van der Waals surface area (Å²) in [6, 6.07) is 14.1. The van der Waals surface area contributed by atoms with Crippen LogP contribution in [0.3, 0.4) is 0 Å². The number of aromatic amines is 1. The van der Waals surface area contributed by atoms with E-state index in [0.717, 1.165) is 17.6 Å². The highest BCUT2D eigenvalue weighted by Gasteiger charge is 2.13. The number of hydrogen-bond donors (Lipinski definition) is 4. The van der Waals surface area contributed by atoms with Crippen LogP contribution in [0, 0.1) is 0 Å². The van der Waals surface area contributed by atoms with Crippen LogP contribution in [-0.2, 0) is 10.0 Å². The molecular formula is C18H16ClN7O2S. The number of hydrogen-bond acceptors (Lipinski definition) is 7. The molecule has 2 heterocycles. The number of aromatic nitrogens is 4. The van der Waals surface area contributed by atoms with Crippen LogP contribution in [0.15, 0.2) is 54.9 Å². The molecule has 2 aromatic carbocycles. The van der Waals surface area contributed by atoms with Gasteiger partial charge in [-0.2, -0.15) is 5.10 Å². The van der Waals surface area contributed by atoms with E-state index >= 15 is 0 Å². The molecule has 0 bridgehead atoms. The van der Waals surface area contributed by atoms with Crippen molar-refractivity contribution < 1.29 is 8.42 Å². The van der Waals surface area contributed by atoms with E-state index in [0.29, 0.717) is 33.4 Å². The van der Waals surface area contributed by atoms with Gasteiger partial charge in [-0.25, -0.2) is 18.4 Å². The molecule has 0 saturated heterocycles. The first kappa shape index (κ1) is 19.0. The van der Waals surface area contributed by atoms with Crippen LogP contribution in [0.2, 0.25) is 5.02 Å². The summed E-state index contributed by atoms with van der Waals surface area (Å²) in [4.78, 5) is 8.50. The van der Waals surface area contributed by atoms with Crippen LogP contribution in [0.5, 0.6) is 0 Å². The van der Waals surface area contributed by atoms with E-state index in [2.05, 4.69) is 35.5 Å². The van der Waals surface area contributed by atoms with Gasteiger partial charge in [0.2, 0.25) is 10.0 Å². The molecule has 0 radical (unpaired) electrons. The topological polar surface area (TPSA) is 125 Å². The van der Waals surface area contributed by atoms with E-state index in [1.165, 1.54) is 6.33 Å². The Morgan fingerprint density at radius 1 is 0.966 bits per heavy atom. The summed E-state index contributed by atoms with van der Waals surface area (Å²) in [6.07, 6.45) is 2.52. The molecule has 0 saturated carbocycles. The third kappa shape index (κ3) is 4.55. The van der Waals surface area contributed by atoms with Gasteiger partial charge in [-0.05, 0) is 42.5 Å². The molecule has 0 aliphatic carbocycles. The molecule has 29 heavy (non-hydrogen) atoms. The van der Waals surface area contributed by atoms with Crippen molar-refractivity contribution in [2.75, 3.05) is 21.6 Å². The average molecular weight is 430 g/mol. The summed E-state index contributed by atoms with van der Waals surface area (Å²) in [5.41, 5.74) is 2.47. The van der Waals surface area contributed by atoms with Crippen molar-refractivity contribution in [3.05, 3.63) is 59.9 Å². The van der Waals surface area contributed by atoms with E-state index in [1.807, 2.05) is 12.1 Å². The fourth-order valence-corrected chi connectivity index (χ4v) is 3.48. The number of nitrogens with one attached hydrogen (secondary N) is 4. The number of nitrogens with zero attached hydrogens (tertiary/aromatic N) is 3. The van der Waals surface area contributed by atoms with E-state index in [9.17, 15) is 8.42 Å². The van der Waals surface area contributed by atoms with Gasteiger partial charge in [0, 0.05) is 22.1 Å². The highest BCUT2D eigenvalue weighted by atomic mass is 35.5. The van der Waals surface area contributed by atoms with Crippen LogP contribution in [-0.4, -0.2) is 34.8 Å². The molecule has 0 aliphatic heterocycles. The number of anilines is 5. The normalized spacial score (nSPS) is 11.4. The van der Waals surface area contributed by atoms with Crippen LogP contribution in [0.4, 0.5) is 28.7 Å². The van der Waals surface area contributed by atoms with Crippen LogP contribution < -0.4 is 15.4 Å². The third-order valence-electron chi connectivity index (χ3n) is 3.90. The third-order valence-corrected chi connectivity index (χ3v) is 4.74. The first-order valence-electron chi connectivity index (χ1n) is 8.44. The molecule has 0 amide bonds. The number of fused-ring (bicyclic) bond motifs is 1. The highest BCUT2D eigenvalue weighted by Crippen LogP contribution is 2.30. The minimum absolute atomic E-state index is 0.471. The molecule has 0 unspecified atom stereocenters. The van der Waals surface area contributed by atoms with Gasteiger partial charge >= 0.3 is 0 Å². The van der Waals surface area contributed by atoms with Crippen molar-refractivity contribution in [3.8, 4) is 0 Å². The number of H-pyrrole nitrogens is 1. The second kappa shape index (κ2) is 7.57. The lowest BCUT2D eigenvalue weighted by Crippen LogP contribution is -2.09. The lowest BCUT2D eigenvalue weighted by molar-refractivity contribution is 0.607. The van der Waals surface area contributed by atoms with Crippen molar-refractivity contribution in [3.63, 3.8) is 0 Å². The van der Waals surface area contributed by atoms with Crippen LogP contribution in [0.1, 0.15) is 0 Å². The Bertz CT molecular complexity index is 1270. The first-order chi connectivity index (χ1) is 13.9. The van der Waals surface area contributed by atoms with E-state index in [1.54, 1.807) is 36.4 Å². The number of rotatable bonds is 6. The zero-order chi connectivity index (χ0) is 20.4. The Morgan fingerprint density at radius 2 is 1.72 bits per heavy atom. The fourth-order valence-electron chi connectivity index (χ4n) is 2.72. The quantitative estimate of drug-likeness (QED) is 0.366. The van der Waals surface area contributed by atoms with Crippen molar-refractivity contribution in [2.24, 2.45) is 0 Å². The Hall–Kier alpha value is -3.37. The predicted molar refractivity (Wildman–Crippen MR) is 115 cm³/mol. The number of benzene rings is 2. The average Bonchev–Trinajstić information content (AvgIpc) is 3.06. The lowest BCUT2D eigenvalue weighted by atomic mass is 10.2. The van der Waals surface area contributed by atoms with Gasteiger partial charge in [0.25, 0.3) is 0 Å². The SMILES string of the molecule is CS(=O)(=O)Nc1ccc(Nc2[nH]nc3ncnc(Nc4cccc(Cl)c4)c23)cc1. The molecule has 148 valence electrons. The zero-order valence-electron chi connectivity index (χ0n) is 15.1. The molecular weight excluding hydrogens is 414 g/mol. The van der Waals surface area contributed by atoms with Gasteiger partial charge in [-0.1, -0.05) is 17.7 Å². The first-order valence-corrected chi connectivity index (χ1v) is 10.7. The second-order valence-corrected chi connectivity index (χ2v) is 8.42. The maximum atomic E-state index is 11.3. The molecule has 4 aromatic rings. The zero-order valence-corrected chi connectivity index (χ0v) is 16.7. The van der Waals surface area contributed by atoms with E-state index < -0.39 is 10.0 Å². The van der Waals surface area contributed by atoms with Crippen molar-refractivity contribution in [1.29, 1.82) is 0 Å². The van der Waals surface area contributed by atoms with Crippen LogP contribution in [0.25, 0.3) is 11.0 Å². The summed E-state index contributed by atoms with van der Waals surface area (Å²) in [5.74, 6) is 1.15. The van der Waals surface area contributed by atoms with Gasteiger partial charge in [0.05, 0.1) is 6.26 Å². The van der Waals surface area contributed by atoms with Crippen molar-refractivity contribution in [1.82, 2.24) is 20.2 Å². The van der Waals surface area contributed by atoms with Gasteiger partial charge in [-0.3, -0.25) is 9.82 Å². The molecule has 2 aromatic heterocycles. The van der Waals surface area contributed by atoms with Gasteiger partial charge in [0.1, 0.15) is 23.3 Å². The molecule has 11 heteroatoms. The maximum Gasteiger partial charge on any atom is 0.229 e. The Morgan fingerprint density at radius 3 is 2.45 bits per heavy atom. The second-order valence-electron chi connectivity index (χ2n) is 6.23. The minimum atomic E-state index is -3.33. The summed E-state index contributed by atoms with van der Waals surface area (Å²) in [5, 5.41) is 14.8. The summed E-state index contributed by atoms with van der Waals surface area (Å²) < 4.78 is 25.1. The van der Waals surface area contributed by atoms with Gasteiger partial charge in [-0.15, -0.1) is 0 Å². The standard InChI is InChI=1S/C18H16ClN7O2S/c1-29(27,28)26-13-7-5-12(6-8-13)22-18-15-16(20-10-21-17(15)24-25-18)23-14-4-2-3-11(19)9-14/h2-10,26H,1H3,(H3,20,21,22,23,24,25). The Kier molecular flexibility index (Phi) is 4.95. The van der Waals surface area contributed by atoms with Crippen molar-refractivity contribution >= 4 is 61.4 Å². The fraction of sp³-hybridized carbons (Fsp3) is 0.0556. The highest BCUT2D eigenvalue weighted by molar-refractivity contribution is 7.92. The van der Waals surface area contributed by atoms with Gasteiger partial charge in [0.15, 0.2) is 5.65 Å². The summed E-state index contributed by atoms with van der Waals surface area (Å²) in [6.45, 7) is 0. The van der Waals surface area contributed by atoms with E-state index in [-0.39, 0.29) is 0 Å². The lowest BCUT2D eigenvalue weighted by Gasteiger charge is -2.10. The molecule has 9 nitrogen and oxygen atoms in total. The van der Waals surface area contributed by atoms with Gasteiger partial charge < -0.3 is 10.6 Å². The minimum Gasteiger partial charge on any atom is -0.340 e. The predicted octanol–water partition coefficient (Wildman–Crippen LogP) is 3.87. The smallest absolute Gasteiger partial charge is 0.229 e. The molecule has 0 aliphatic rings. The van der Waals surface area contributed by atoms with Crippen LogP contribution >= 0.6 is 11.6 Å². The Balaban J connectivity index is 1.63. The number of halogens is 1. The summed E-state index contributed by atoms with van der Waals surface area (Å²) in [7, 11) is -3.33. The Labute approximate surface area is 171 Å². The summed E-state index contributed by atoms with van der Waals surface area (Å²) >= 11 is 6.05. The van der Waals surface area contributed by atoms with Crippen molar-refractivity contribution in [2.45, 2.75) is 0 Å². The number of sulfonamides is 1. The molecule has 0 fully saturated rings. The van der Waals surface area contributed by atoms with E-state index in [4.69, 9.17) is 11.6 Å². The monoisotopic (exact) mass is 429 g/mol. The maximum absolute atomic E-state index is 11.3. The molecule has 0 atom stereocenters. The molecule has 4 N–H and O–H groups in total. The molecule has 4 rings (SSSR count). The molecule has 0 spiro atoms. The largest absolute Gasteiger partial charge is 0.340 e.